The molecule has 0 amide bonds. The molecule has 0 bridgehead atoms. The summed E-state index contributed by atoms with van der Waals surface area (Å²) >= 11 is 3.33. The minimum Gasteiger partial charge on any atom is -0.481 e. The van der Waals surface area contributed by atoms with Gasteiger partial charge in [-0.1, -0.05) is 40.2 Å². The third-order valence-corrected chi connectivity index (χ3v) is 2.62. The zero-order valence-electron chi connectivity index (χ0n) is 7.33. The number of alkyl halides is 1. The average Bonchev–Trinajstić information content (AvgIpc) is 2.16. The fourth-order valence-electron chi connectivity index (χ4n) is 1.09. The lowest BCUT2D eigenvalue weighted by atomic mass is 10.00. The van der Waals surface area contributed by atoms with Gasteiger partial charge < -0.3 is 5.11 Å². The molecule has 0 fully saturated rings. The zero-order chi connectivity index (χ0) is 9.84. The first-order valence-corrected chi connectivity index (χ1v) is 5.15. The molecule has 0 aliphatic carbocycles. The predicted molar refractivity (Wildman–Crippen MR) is 55.1 cm³/mol. The third-order valence-electron chi connectivity index (χ3n) is 1.98. The van der Waals surface area contributed by atoms with Gasteiger partial charge >= 0.3 is 5.97 Å². The second-order valence-corrected chi connectivity index (χ2v) is 3.50. The standard InChI is InChI=1S/C10H11BrO2/c1-7(10(12)13)9-4-2-3-8(5-9)6-11/h2-5,7H,6H2,1H3,(H,12,13)/t7-/m0/s1. The van der Waals surface area contributed by atoms with Crippen molar-refractivity contribution in [3.8, 4) is 0 Å². The fourth-order valence-corrected chi connectivity index (χ4v) is 1.44. The Morgan fingerprint density at radius 2 is 2.31 bits per heavy atom. The molecule has 0 aliphatic rings. The van der Waals surface area contributed by atoms with Gasteiger partial charge in [0.2, 0.25) is 0 Å². The molecule has 13 heavy (non-hydrogen) atoms. The summed E-state index contributed by atoms with van der Waals surface area (Å²) < 4.78 is 0. The predicted octanol–water partition coefficient (Wildman–Crippen LogP) is 2.77. The Hall–Kier alpha value is -0.830. The number of rotatable bonds is 3. The smallest absolute Gasteiger partial charge is 0.310 e. The lowest BCUT2D eigenvalue weighted by Crippen LogP contribution is -2.07. The van der Waals surface area contributed by atoms with Gasteiger partial charge in [0.1, 0.15) is 0 Å². The second-order valence-electron chi connectivity index (χ2n) is 2.94. The van der Waals surface area contributed by atoms with Crippen LogP contribution in [-0.4, -0.2) is 11.1 Å². The van der Waals surface area contributed by atoms with Crippen molar-refractivity contribution in [2.75, 3.05) is 0 Å². The Bertz CT molecular complexity index is 310. The van der Waals surface area contributed by atoms with Gasteiger partial charge in [0.05, 0.1) is 5.92 Å². The van der Waals surface area contributed by atoms with Crippen LogP contribution in [0.15, 0.2) is 24.3 Å². The minimum absolute atomic E-state index is 0.431. The molecule has 1 aromatic rings. The van der Waals surface area contributed by atoms with Crippen LogP contribution >= 0.6 is 15.9 Å². The molecule has 0 heterocycles. The van der Waals surface area contributed by atoms with Crippen LogP contribution in [0.5, 0.6) is 0 Å². The van der Waals surface area contributed by atoms with E-state index in [1.54, 1.807) is 6.92 Å². The first-order chi connectivity index (χ1) is 6.15. The van der Waals surface area contributed by atoms with E-state index in [4.69, 9.17) is 5.11 Å². The van der Waals surface area contributed by atoms with Crippen molar-refractivity contribution in [2.24, 2.45) is 0 Å². The Balaban J connectivity index is 2.94. The van der Waals surface area contributed by atoms with E-state index in [0.717, 1.165) is 16.5 Å². The van der Waals surface area contributed by atoms with E-state index < -0.39 is 11.9 Å². The molecule has 1 atom stereocenters. The number of aliphatic carboxylic acids is 1. The summed E-state index contributed by atoms with van der Waals surface area (Å²) in [6.45, 7) is 1.69. The number of carbonyl (C=O) groups is 1. The van der Waals surface area contributed by atoms with Crippen molar-refractivity contribution < 1.29 is 9.90 Å². The van der Waals surface area contributed by atoms with Crippen molar-refractivity contribution in [2.45, 2.75) is 18.2 Å². The second kappa shape index (κ2) is 4.42. The van der Waals surface area contributed by atoms with Crippen LogP contribution < -0.4 is 0 Å². The summed E-state index contributed by atoms with van der Waals surface area (Å²) in [7, 11) is 0. The van der Waals surface area contributed by atoms with Gasteiger partial charge in [-0.05, 0) is 18.1 Å². The van der Waals surface area contributed by atoms with Crippen LogP contribution in [0.4, 0.5) is 0 Å². The molecule has 3 heteroatoms. The van der Waals surface area contributed by atoms with Crippen LogP contribution in [0.2, 0.25) is 0 Å². The fraction of sp³-hybridized carbons (Fsp3) is 0.300. The van der Waals surface area contributed by atoms with Gasteiger partial charge in [0, 0.05) is 5.33 Å². The monoisotopic (exact) mass is 242 g/mol. The molecule has 0 saturated heterocycles. The van der Waals surface area contributed by atoms with Crippen molar-refractivity contribution in [1.29, 1.82) is 0 Å². The van der Waals surface area contributed by atoms with Crippen molar-refractivity contribution in [1.82, 2.24) is 0 Å². The molecule has 2 nitrogen and oxygen atoms in total. The van der Waals surface area contributed by atoms with Crippen molar-refractivity contribution >= 4 is 21.9 Å². The summed E-state index contributed by atoms with van der Waals surface area (Å²) in [6.07, 6.45) is 0. The molecule has 0 spiro atoms. The molecule has 1 aromatic carbocycles. The number of hydrogen-bond acceptors (Lipinski definition) is 1. The quantitative estimate of drug-likeness (QED) is 0.829. The minimum atomic E-state index is -0.785. The molecular formula is C10H11BrO2. The van der Waals surface area contributed by atoms with Crippen molar-refractivity contribution in [3.63, 3.8) is 0 Å². The maximum Gasteiger partial charge on any atom is 0.310 e. The normalized spacial score (nSPS) is 12.5. The van der Waals surface area contributed by atoms with Crippen LogP contribution in [0.25, 0.3) is 0 Å². The van der Waals surface area contributed by atoms with Crippen LogP contribution in [-0.2, 0) is 10.1 Å². The van der Waals surface area contributed by atoms with Crippen LogP contribution in [0.1, 0.15) is 24.0 Å². The lowest BCUT2D eigenvalue weighted by molar-refractivity contribution is -0.138. The molecule has 0 unspecified atom stereocenters. The van der Waals surface area contributed by atoms with E-state index in [9.17, 15) is 4.79 Å². The number of hydrogen-bond donors (Lipinski definition) is 1. The maximum atomic E-state index is 10.7. The third kappa shape index (κ3) is 2.56. The highest BCUT2D eigenvalue weighted by Crippen LogP contribution is 2.17. The molecular weight excluding hydrogens is 232 g/mol. The van der Waals surface area contributed by atoms with Gasteiger partial charge in [-0.25, -0.2) is 0 Å². The molecule has 0 radical (unpaired) electrons. The first kappa shape index (κ1) is 10.3. The average molecular weight is 243 g/mol. The van der Waals surface area contributed by atoms with E-state index >= 15 is 0 Å². The van der Waals surface area contributed by atoms with E-state index in [-0.39, 0.29) is 0 Å². The number of benzene rings is 1. The van der Waals surface area contributed by atoms with Gasteiger partial charge in [-0.15, -0.1) is 0 Å². The summed E-state index contributed by atoms with van der Waals surface area (Å²) in [5.41, 5.74) is 1.95. The molecule has 0 aliphatic heterocycles. The Morgan fingerprint density at radius 1 is 1.62 bits per heavy atom. The van der Waals surface area contributed by atoms with Gasteiger partial charge in [-0.2, -0.15) is 0 Å². The largest absolute Gasteiger partial charge is 0.481 e. The number of carboxylic acid groups (broad SMARTS) is 1. The highest BCUT2D eigenvalue weighted by Gasteiger charge is 2.12. The van der Waals surface area contributed by atoms with Crippen LogP contribution in [0.3, 0.4) is 0 Å². The molecule has 1 N–H and O–H groups in total. The number of carboxylic acids is 1. The number of halogens is 1. The molecule has 0 aromatic heterocycles. The van der Waals surface area contributed by atoms with Gasteiger partial charge in [0.15, 0.2) is 0 Å². The topological polar surface area (TPSA) is 37.3 Å². The molecule has 0 saturated carbocycles. The summed E-state index contributed by atoms with van der Waals surface area (Å²) in [4.78, 5) is 10.7. The Labute approximate surface area is 85.7 Å². The maximum absolute atomic E-state index is 10.7. The summed E-state index contributed by atoms with van der Waals surface area (Å²) in [5, 5.41) is 9.54. The van der Waals surface area contributed by atoms with E-state index in [0.29, 0.717) is 0 Å². The van der Waals surface area contributed by atoms with Gasteiger partial charge in [-0.3, -0.25) is 4.79 Å². The van der Waals surface area contributed by atoms with E-state index in [1.807, 2.05) is 24.3 Å². The molecule has 1 rings (SSSR count). The lowest BCUT2D eigenvalue weighted by Gasteiger charge is -2.07. The SMILES string of the molecule is C[C@H](C(=O)O)c1cccc(CBr)c1. The summed E-state index contributed by atoms with van der Waals surface area (Å²) in [5.74, 6) is -1.22. The van der Waals surface area contributed by atoms with Gasteiger partial charge in [0.25, 0.3) is 0 Å². The van der Waals surface area contributed by atoms with E-state index in [2.05, 4.69) is 15.9 Å². The molecule has 70 valence electrons. The highest BCUT2D eigenvalue weighted by atomic mass is 79.9. The van der Waals surface area contributed by atoms with Crippen molar-refractivity contribution in [3.05, 3.63) is 35.4 Å². The Morgan fingerprint density at radius 3 is 2.85 bits per heavy atom. The summed E-state index contributed by atoms with van der Waals surface area (Å²) in [6, 6.07) is 7.59. The van der Waals surface area contributed by atoms with E-state index in [1.165, 1.54) is 0 Å². The zero-order valence-corrected chi connectivity index (χ0v) is 8.91. The highest BCUT2D eigenvalue weighted by molar-refractivity contribution is 9.08. The first-order valence-electron chi connectivity index (χ1n) is 4.02. The van der Waals surface area contributed by atoms with Crippen LogP contribution in [0, 0.1) is 0 Å². The Kier molecular flexibility index (Phi) is 3.48.